The number of rotatable bonds is 22. The number of carboxylic acid groups (broad SMARTS) is 1. The van der Waals surface area contributed by atoms with Gasteiger partial charge in [-0.15, -0.1) is 0 Å². The van der Waals surface area contributed by atoms with E-state index in [0.717, 1.165) is 46.6 Å². The van der Waals surface area contributed by atoms with Gasteiger partial charge in [-0.2, -0.15) is 0 Å². The quantitative estimate of drug-likeness (QED) is 0.0546. The Balaban J connectivity index is 1.42. The molecular formula is C43H54N4O5. The Kier molecular flexibility index (Phi) is 16.0. The molecule has 0 bridgehead atoms. The maximum Gasteiger partial charge on any atom is 0.326 e. The number of Topliss-reactive ketones (excluding diaryl/α,β-unsaturated/α-hetero) is 1. The zero-order valence-corrected chi connectivity index (χ0v) is 30.9. The first-order valence-corrected chi connectivity index (χ1v) is 18.7. The van der Waals surface area contributed by atoms with E-state index in [4.69, 9.17) is 10.5 Å². The smallest absolute Gasteiger partial charge is 0.326 e. The number of benzene rings is 3. The highest BCUT2D eigenvalue weighted by Gasteiger charge is 2.28. The molecule has 3 aromatic carbocycles. The van der Waals surface area contributed by atoms with Gasteiger partial charge >= 0.3 is 5.97 Å². The normalized spacial score (nSPS) is 12.3. The summed E-state index contributed by atoms with van der Waals surface area (Å²) in [4.78, 5) is 48.2. The third kappa shape index (κ3) is 12.4. The van der Waals surface area contributed by atoms with Gasteiger partial charge in [0.2, 0.25) is 5.91 Å². The van der Waals surface area contributed by atoms with Crippen molar-refractivity contribution in [3.05, 3.63) is 102 Å². The molecule has 0 unspecified atom stereocenters. The number of hydrogen-bond donors (Lipinski definition) is 3. The Hall–Kier alpha value is -4.89. The molecule has 0 radical (unpaired) electrons. The summed E-state index contributed by atoms with van der Waals surface area (Å²) in [6.07, 6.45) is 11.3. The molecule has 0 aliphatic rings. The largest absolute Gasteiger partial charge is 0.494 e. The molecule has 4 aromatic rings. The highest BCUT2D eigenvalue weighted by atomic mass is 16.5. The van der Waals surface area contributed by atoms with Crippen LogP contribution in [0.1, 0.15) is 106 Å². The molecule has 4 rings (SSSR count). The number of ether oxygens (including phenoxy) is 1. The maximum atomic E-state index is 13.6. The van der Waals surface area contributed by atoms with Gasteiger partial charge in [-0.05, 0) is 73.4 Å². The van der Waals surface area contributed by atoms with Crippen molar-refractivity contribution in [2.75, 3.05) is 13.2 Å². The summed E-state index contributed by atoms with van der Waals surface area (Å²) in [5.41, 5.74) is 10.8. The Morgan fingerprint density at radius 2 is 1.44 bits per heavy atom. The number of nitrogens with one attached hydrogen (secondary N) is 1. The van der Waals surface area contributed by atoms with Gasteiger partial charge in [0, 0.05) is 41.4 Å². The van der Waals surface area contributed by atoms with Crippen LogP contribution in [0.15, 0.2) is 85.2 Å². The third-order valence-electron chi connectivity index (χ3n) is 9.31. The van der Waals surface area contributed by atoms with Crippen LogP contribution in [-0.4, -0.2) is 51.9 Å². The number of nitrogens with two attached hydrogens (primary N) is 1. The number of nitrogens with zero attached hydrogens (tertiary/aromatic N) is 2. The number of aromatic nitrogens is 2. The molecule has 0 aliphatic carbocycles. The molecule has 1 amide bonds. The van der Waals surface area contributed by atoms with Crippen LogP contribution in [0.3, 0.4) is 0 Å². The van der Waals surface area contributed by atoms with Crippen LogP contribution in [0, 0.1) is 5.92 Å². The van der Waals surface area contributed by atoms with Crippen LogP contribution in [0.4, 0.5) is 0 Å². The fraction of sp³-hybridized carbons (Fsp3) is 0.419. The predicted octanol–water partition coefficient (Wildman–Crippen LogP) is 8.41. The van der Waals surface area contributed by atoms with Crippen LogP contribution in [0.2, 0.25) is 0 Å². The Morgan fingerprint density at radius 1 is 0.788 bits per heavy atom. The van der Waals surface area contributed by atoms with Crippen molar-refractivity contribution in [1.29, 1.82) is 0 Å². The van der Waals surface area contributed by atoms with Crippen LogP contribution in [0.5, 0.6) is 5.75 Å². The second-order valence-corrected chi connectivity index (χ2v) is 13.8. The number of carbonyl (C=O) groups is 3. The van der Waals surface area contributed by atoms with Crippen LogP contribution < -0.4 is 15.8 Å². The minimum Gasteiger partial charge on any atom is -0.494 e. The van der Waals surface area contributed by atoms with E-state index < -0.39 is 23.8 Å². The van der Waals surface area contributed by atoms with E-state index >= 15 is 0 Å². The molecule has 52 heavy (non-hydrogen) atoms. The van der Waals surface area contributed by atoms with Crippen LogP contribution >= 0.6 is 0 Å². The zero-order valence-electron chi connectivity index (χ0n) is 30.9. The van der Waals surface area contributed by atoms with E-state index in [9.17, 15) is 19.5 Å². The number of aliphatic carboxylic acids is 1. The number of unbranched alkanes of at least 4 members (excludes halogenated alkanes) is 5. The average molecular weight is 707 g/mol. The van der Waals surface area contributed by atoms with E-state index in [1.165, 1.54) is 25.7 Å². The van der Waals surface area contributed by atoms with Crippen molar-refractivity contribution in [3.63, 3.8) is 0 Å². The van der Waals surface area contributed by atoms with Crippen molar-refractivity contribution in [1.82, 2.24) is 15.3 Å². The maximum absolute atomic E-state index is 13.6. The fourth-order valence-corrected chi connectivity index (χ4v) is 6.03. The van der Waals surface area contributed by atoms with Crippen molar-refractivity contribution < 1.29 is 24.2 Å². The second-order valence-electron chi connectivity index (χ2n) is 13.8. The van der Waals surface area contributed by atoms with Gasteiger partial charge in [-0.25, -0.2) is 14.8 Å². The molecule has 4 N–H and O–H groups in total. The summed E-state index contributed by atoms with van der Waals surface area (Å²) in [5, 5.41) is 12.5. The van der Waals surface area contributed by atoms with Crippen LogP contribution in [-0.2, 0) is 16.0 Å². The van der Waals surface area contributed by atoms with Crippen molar-refractivity contribution >= 4 is 17.7 Å². The number of carbonyl (C=O) groups excluding carboxylic acids is 2. The van der Waals surface area contributed by atoms with E-state index in [-0.39, 0.29) is 25.0 Å². The topological polar surface area (TPSA) is 144 Å². The highest BCUT2D eigenvalue weighted by Crippen LogP contribution is 2.25. The Labute approximate surface area is 308 Å². The van der Waals surface area contributed by atoms with Gasteiger partial charge in [-0.3, -0.25) is 9.59 Å². The summed E-state index contributed by atoms with van der Waals surface area (Å²) in [6, 6.07) is 21.9. The monoisotopic (exact) mass is 706 g/mol. The average Bonchev–Trinajstić information content (AvgIpc) is 3.16. The lowest BCUT2D eigenvalue weighted by molar-refractivity contribution is -0.142. The van der Waals surface area contributed by atoms with Gasteiger partial charge in [0.1, 0.15) is 11.8 Å². The van der Waals surface area contributed by atoms with Gasteiger partial charge in [0.25, 0.3) is 0 Å². The van der Waals surface area contributed by atoms with E-state index in [1.807, 2.05) is 60.7 Å². The molecule has 276 valence electrons. The summed E-state index contributed by atoms with van der Waals surface area (Å²) >= 11 is 0. The van der Waals surface area contributed by atoms with Gasteiger partial charge < -0.3 is 20.9 Å². The molecule has 0 saturated heterocycles. The highest BCUT2D eigenvalue weighted by molar-refractivity contribution is 5.99. The lowest BCUT2D eigenvalue weighted by atomic mass is 9.90. The molecule has 0 fully saturated rings. The molecule has 1 heterocycles. The minimum atomic E-state index is -1.11. The number of amides is 1. The first-order chi connectivity index (χ1) is 25.2. The Bertz CT molecular complexity index is 1690. The summed E-state index contributed by atoms with van der Waals surface area (Å²) in [6.45, 7) is 7.55. The zero-order chi connectivity index (χ0) is 37.3. The standard InChI is InChI=1S/C43H54N4O5/c1-4-5-6-7-10-25-52-38-22-20-33(21-23-38)37-28-45-41(46-29-37)35-14-12-31(13-15-35)26-36(42(49)47-39(43(50)51)11-8-9-24-44)27-40(48)34-18-16-32(17-19-34)30(2)3/h12-23,28-30,36,39H,4-11,24-27,44H2,1-3H3,(H,47,49)(H,50,51)/t36-,39-/m1/s1. The summed E-state index contributed by atoms with van der Waals surface area (Å²) in [7, 11) is 0. The molecule has 9 heteroatoms. The van der Waals surface area contributed by atoms with Crippen molar-refractivity contribution in [2.24, 2.45) is 11.7 Å². The van der Waals surface area contributed by atoms with Gasteiger partial charge in [0.15, 0.2) is 11.6 Å². The number of ketones is 1. The summed E-state index contributed by atoms with van der Waals surface area (Å²) < 4.78 is 5.90. The predicted molar refractivity (Wildman–Crippen MR) is 206 cm³/mol. The van der Waals surface area contributed by atoms with Gasteiger partial charge in [-0.1, -0.05) is 107 Å². The summed E-state index contributed by atoms with van der Waals surface area (Å²) in [5.74, 6) is -0.761. The minimum absolute atomic E-state index is 0.0551. The first-order valence-electron chi connectivity index (χ1n) is 18.7. The van der Waals surface area contributed by atoms with Gasteiger partial charge in [0.05, 0.1) is 6.61 Å². The van der Waals surface area contributed by atoms with E-state index in [2.05, 4.69) is 36.1 Å². The molecule has 0 aliphatic heterocycles. The molecule has 9 nitrogen and oxygen atoms in total. The Morgan fingerprint density at radius 3 is 2.06 bits per heavy atom. The molecule has 2 atom stereocenters. The molecule has 0 spiro atoms. The number of hydrogen-bond acceptors (Lipinski definition) is 7. The van der Waals surface area contributed by atoms with E-state index in [0.29, 0.717) is 36.7 Å². The fourth-order valence-electron chi connectivity index (χ4n) is 6.03. The third-order valence-corrected chi connectivity index (χ3v) is 9.31. The molecular weight excluding hydrogens is 652 g/mol. The van der Waals surface area contributed by atoms with Crippen molar-refractivity contribution in [2.45, 2.75) is 96.9 Å². The molecule has 0 saturated carbocycles. The first kappa shape index (κ1) is 39.9. The SMILES string of the molecule is CCCCCCCOc1ccc(-c2cnc(-c3ccc(C[C@H](CC(=O)c4ccc(C(C)C)cc4)C(=O)N[C@H](CCCCN)C(=O)O)cc3)nc2)cc1. The lowest BCUT2D eigenvalue weighted by Crippen LogP contribution is -2.44. The molecule has 1 aromatic heterocycles. The van der Waals surface area contributed by atoms with E-state index in [1.54, 1.807) is 24.5 Å². The second kappa shape index (κ2) is 20.8. The van der Waals surface area contributed by atoms with Crippen molar-refractivity contribution in [3.8, 4) is 28.3 Å². The van der Waals surface area contributed by atoms with Crippen LogP contribution in [0.25, 0.3) is 22.5 Å². The number of carboxylic acids is 1. The lowest BCUT2D eigenvalue weighted by Gasteiger charge is -2.20.